The molecule has 0 fully saturated rings. The molecular weight excluding hydrogens is 310 g/mol. The van der Waals surface area contributed by atoms with Crippen LogP contribution in [0.5, 0.6) is 5.75 Å². The monoisotopic (exact) mass is 331 g/mol. The number of aliphatic hydroxyl groups is 1. The minimum Gasteiger partial charge on any atom is -0.494 e. The number of hydrogen-bond acceptors (Lipinski definition) is 5. The summed E-state index contributed by atoms with van der Waals surface area (Å²) in [5.74, 6) is 0.845. The van der Waals surface area contributed by atoms with E-state index in [1.165, 1.54) is 4.88 Å². The number of thiazole rings is 1. The molecule has 0 aliphatic heterocycles. The van der Waals surface area contributed by atoms with Crippen molar-refractivity contribution in [1.29, 1.82) is 0 Å². The maximum Gasteiger partial charge on any atom is 0.194 e. The van der Waals surface area contributed by atoms with Gasteiger partial charge in [-0.25, -0.2) is 4.98 Å². The molecule has 0 radical (unpaired) electrons. The molecular formula is C17H21N3O2S. The van der Waals surface area contributed by atoms with Crippen LogP contribution in [0, 0.1) is 13.8 Å². The van der Waals surface area contributed by atoms with Gasteiger partial charge in [0, 0.05) is 17.6 Å². The molecule has 1 unspecified atom stereocenters. The highest BCUT2D eigenvalue weighted by molar-refractivity contribution is 7.17. The van der Waals surface area contributed by atoms with Crippen molar-refractivity contribution in [2.75, 3.05) is 6.61 Å². The number of imidazole rings is 1. The quantitative estimate of drug-likeness (QED) is 0.681. The standard InChI is InChI=1S/C17H21N3O2S/c1-4-22-14-7-5-6-13(8-14)9-18-16(21)15-12(3)19-17-20(15)10-11(2)23-17/h5-8,10,16,18,21H,4,9H2,1-3H3. The Morgan fingerprint density at radius 3 is 3.00 bits per heavy atom. The normalized spacial score (nSPS) is 12.7. The molecule has 2 N–H and O–H groups in total. The van der Waals surface area contributed by atoms with E-state index in [4.69, 9.17) is 4.74 Å². The second kappa shape index (κ2) is 6.70. The fourth-order valence-electron chi connectivity index (χ4n) is 2.63. The van der Waals surface area contributed by atoms with Crippen LogP contribution >= 0.6 is 11.3 Å². The molecule has 1 atom stereocenters. The van der Waals surface area contributed by atoms with Gasteiger partial charge in [-0.1, -0.05) is 12.1 Å². The van der Waals surface area contributed by atoms with E-state index in [2.05, 4.69) is 10.3 Å². The largest absolute Gasteiger partial charge is 0.494 e. The predicted octanol–water partition coefficient (Wildman–Crippen LogP) is 3.19. The molecule has 122 valence electrons. The Kier molecular flexibility index (Phi) is 4.66. The van der Waals surface area contributed by atoms with E-state index in [9.17, 15) is 5.11 Å². The molecule has 0 amide bonds. The molecule has 0 saturated carbocycles. The molecule has 0 saturated heterocycles. The first kappa shape index (κ1) is 16.0. The zero-order valence-electron chi connectivity index (χ0n) is 13.5. The zero-order valence-corrected chi connectivity index (χ0v) is 14.4. The lowest BCUT2D eigenvalue weighted by molar-refractivity contribution is 0.131. The Morgan fingerprint density at radius 1 is 1.39 bits per heavy atom. The Hall–Kier alpha value is -1.89. The summed E-state index contributed by atoms with van der Waals surface area (Å²) in [6, 6.07) is 7.88. The lowest BCUT2D eigenvalue weighted by Crippen LogP contribution is -2.22. The van der Waals surface area contributed by atoms with Crippen LogP contribution in [0.2, 0.25) is 0 Å². The number of rotatable bonds is 6. The third kappa shape index (κ3) is 3.39. The summed E-state index contributed by atoms with van der Waals surface area (Å²) in [4.78, 5) is 6.59. The van der Waals surface area contributed by atoms with Crippen LogP contribution in [0.3, 0.4) is 0 Å². The fourth-order valence-corrected chi connectivity index (χ4v) is 3.51. The molecule has 3 aromatic rings. The zero-order chi connectivity index (χ0) is 16.4. The van der Waals surface area contributed by atoms with Crippen molar-refractivity contribution in [2.45, 2.75) is 33.5 Å². The summed E-state index contributed by atoms with van der Waals surface area (Å²) in [6.45, 7) is 7.12. The van der Waals surface area contributed by atoms with Gasteiger partial charge >= 0.3 is 0 Å². The van der Waals surface area contributed by atoms with Crippen LogP contribution in [0.4, 0.5) is 0 Å². The van der Waals surface area contributed by atoms with Crippen LogP contribution in [0.1, 0.15) is 35.0 Å². The second-order valence-corrected chi connectivity index (χ2v) is 6.65. The molecule has 0 spiro atoms. The lowest BCUT2D eigenvalue weighted by atomic mass is 10.2. The van der Waals surface area contributed by atoms with Gasteiger partial charge < -0.3 is 9.84 Å². The van der Waals surface area contributed by atoms with Gasteiger partial charge in [0.2, 0.25) is 0 Å². The Bertz CT molecular complexity index is 809. The van der Waals surface area contributed by atoms with Gasteiger partial charge in [-0.05, 0) is 38.5 Å². The van der Waals surface area contributed by atoms with Gasteiger partial charge in [0.25, 0.3) is 0 Å². The van der Waals surface area contributed by atoms with Gasteiger partial charge in [-0.2, -0.15) is 0 Å². The number of fused-ring (bicyclic) bond motifs is 1. The average molecular weight is 331 g/mol. The van der Waals surface area contributed by atoms with Gasteiger partial charge in [-0.15, -0.1) is 11.3 Å². The first-order valence-corrected chi connectivity index (χ1v) is 8.48. The molecule has 6 heteroatoms. The SMILES string of the molecule is CCOc1cccc(CNC(O)c2c(C)nc3sc(C)cn23)c1. The Balaban J connectivity index is 1.74. The van der Waals surface area contributed by atoms with Crippen molar-refractivity contribution in [1.82, 2.24) is 14.7 Å². The molecule has 23 heavy (non-hydrogen) atoms. The average Bonchev–Trinajstić information content (AvgIpc) is 3.00. The molecule has 5 nitrogen and oxygen atoms in total. The maximum atomic E-state index is 10.5. The smallest absolute Gasteiger partial charge is 0.194 e. The highest BCUT2D eigenvalue weighted by atomic mass is 32.1. The van der Waals surface area contributed by atoms with Gasteiger partial charge in [0.15, 0.2) is 4.96 Å². The fraction of sp³-hybridized carbons (Fsp3) is 0.353. The minimum atomic E-state index is -0.769. The van der Waals surface area contributed by atoms with Gasteiger partial charge in [0.1, 0.15) is 12.0 Å². The van der Waals surface area contributed by atoms with E-state index in [0.717, 1.165) is 27.7 Å². The first-order valence-electron chi connectivity index (χ1n) is 7.66. The number of ether oxygens (including phenoxy) is 1. The van der Waals surface area contributed by atoms with Crippen LogP contribution in [-0.2, 0) is 6.54 Å². The van der Waals surface area contributed by atoms with Gasteiger partial charge in [0.05, 0.1) is 18.0 Å². The number of benzene rings is 1. The van der Waals surface area contributed by atoms with Crippen molar-refractivity contribution in [3.63, 3.8) is 0 Å². The summed E-state index contributed by atoms with van der Waals surface area (Å²) >= 11 is 1.62. The van der Waals surface area contributed by atoms with E-state index in [1.54, 1.807) is 11.3 Å². The molecule has 0 aliphatic rings. The van der Waals surface area contributed by atoms with Crippen molar-refractivity contribution >= 4 is 16.3 Å². The number of aryl methyl sites for hydroxylation is 2. The molecule has 2 aromatic heterocycles. The molecule has 3 rings (SSSR count). The van der Waals surface area contributed by atoms with E-state index in [-0.39, 0.29) is 0 Å². The number of aromatic nitrogens is 2. The van der Waals surface area contributed by atoms with E-state index < -0.39 is 6.23 Å². The third-order valence-corrected chi connectivity index (χ3v) is 4.53. The highest BCUT2D eigenvalue weighted by Crippen LogP contribution is 2.24. The van der Waals surface area contributed by atoms with Crippen LogP contribution < -0.4 is 10.1 Å². The minimum absolute atomic E-state index is 0.553. The topological polar surface area (TPSA) is 58.8 Å². The summed E-state index contributed by atoms with van der Waals surface area (Å²) in [7, 11) is 0. The van der Waals surface area contributed by atoms with E-state index >= 15 is 0 Å². The summed E-state index contributed by atoms with van der Waals surface area (Å²) in [5, 5.41) is 13.7. The van der Waals surface area contributed by atoms with Crippen LogP contribution in [0.25, 0.3) is 4.96 Å². The van der Waals surface area contributed by atoms with E-state index in [1.807, 2.05) is 55.6 Å². The number of aliphatic hydroxyl groups excluding tert-OH is 1. The number of nitrogens with zero attached hydrogens (tertiary/aromatic N) is 2. The lowest BCUT2D eigenvalue weighted by Gasteiger charge is -2.14. The van der Waals surface area contributed by atoms with Crippen molar-refractivity contribution in [3.8, 4) is 5.75 Å². The number of hydrogen-bond donors (Lipinski definition) is 2. The Morgan fingerprint density at radius 2 is 2.22 bits per heavy atom. The predicted molar refractivity (Wildman–Crippen MR) is 92.0 cm³/mol. The van der Waals surface area contributed by atoms with Crippen molar-refractivity contribution < 1.29 is 9.84 Å². The molecule has 0 aliphatic carbocycles. The first-order chi connectivity index (χ1) is 11.1. The summed E-state index contributed by atoms with van der Waals surface area (Å²) < 4.78 is 7.46. The summed E-state index contributed by atoms with van der Waals surface area (Å²) in [6.07, 6.45) is 1.24. The van der Waals surface area contributed by atoms with Gasteiger partial charge in [-0.3, -0.25) is 9.72 Å². The van der Waals surface area contributed by atoms with E-state index in [0.29, 0.717) is 13.2 Å². The number of nitrogens with one attached hydrogen (secondary N) is 1. The van der Waals surface area contributed by atoms with Crippen LogP contribution in [0.15, 0.2) is 30.5 Å². The molecule has 2 heterocycles. The second-order valence-electron chi connectivity index (χ2n) is 5.44. The Labute approximate surface area is 139 Å². The third-order valence-electron chi connectivity index (χ3n) is 3.63. The van der Waals surface area contributed by atoms with Crippen molar-refractivity contribution in [2.24, 2.45) is 0 Å². The van der Waals surface area contributed by atoms with Crippen LogP contribution in [-0.4, -0.2) is 21.1 Å². The maximum absolute atomic E-state index is 10.5. The molecule has 1 aromatic carbocycles. The highest BCUT2D eigenvalue weighted by Gasteiger charge is 2.18. The summed E-state index contributed by atoms with van der Waals surface area (Å²) in [5.41, 5.74) is 2.71. The molecule has 0 bridgehead atoms. The van der Waals surface area contributed by atoms with Crippen molar-refractivity contribution in [3.05, 3.63) is 52.3 Å².